The van der Waals surface area contributed by atoms with Gasteiger partial charge < -0.3 is 13.8 Å². The van der Waals surface area contributed by atoms with Gasteiger partial charge in [0.25, 0.3) is 5.91 Å². The summed E-state index contributed by atoms with van der Waals surface area (Å²) in [5.41, 5.74) is 1.90. The average molecular weight is 367 g/mol. The smallest absolute Gasteiger partial charge is 0.278 e. The van der Waals surface area contributed by atoms with Gasteiger partial charge in [-0.25, -0.2) is 4.98 Å². The summed E-state index contributed by atoms with van der Waals surface area (Å²) >= 11 is 0. The van der Waals surface area contributed by atoms with E-state index in [9.17, 15) is 10.1 Å². The minimum atomic E-state index is -0.260. The van der Waals surface area contributed by atoms with Crippen molar-refractivity contribution in [2.45, 2.75) is 32.2 Å². The van der Waals surface area contributed by atoms with Crippen LogP contribution in [-0.4, -0.2) is 60.0 Å². The molecule has 1 aliphatic rings. The summed E-state index contributed by atoms with van der Waals surface area (Å²) in [4.78, 5) is 19.0. The van der Waals surface area contributed by atoms with E-state index in [0.717, 1.165) is 42.8 Å². The molecule has 1 aliphatic heterocycles. The first-order valence-electron chi connectivity index (χ1n) is 9.42. The third kappa shape index (κ3) is 4.55. The van der Waals surface area contributed by atoms with E-state index in [-0.39, 0.29) is 11.9 Å². The van der Waals surface area contributed by atoms with E-state index < -0.39 is 0 Å². The van der Waals surface area contributed by atoms with Crippen LogP contribution in [0.15, 0.2) is 34.7 Å². The van der Waals surface area contributed by atoms with Crippen molar-refractivity contribution in [3.05, 3.63) is 41.8 Å². The summed E-state index contributed by atoms with van der Waals surface area (Å²) in [6, 6.07) is 11.8. The largest absolute Gasteiger partial charge is 0.441 e. The normalized spacial score (nSPS) is 17.1. The van der Waals surface area contributed by atoms with Crippen molar-refractivity contribution in [1.29, 1.82) is 5.26 Å². The highest BCUT2D eigenvalue weighted by atomic mass is 16.4. The number of carbonyl (C=O) groups excluding carboxylic acids is 1. The number of rotatable bonds is 6. The van der Waals surface area contributed by atoms with Crippen LogP contribution < -0.4 is 0 Å². The second-order valence-corrected chi connectivity index (χ2v) is 7.83. The fraction of sp³-hybridized carbons (Fsp3) is 0.476. The zero-order valence-electron chi connectivity index (χ0n) is 16.3. The summed E-state index contributed by atoms with van der Waals surface area (Å²) in [6.07, 6.45) is 2.44. The lowest BCUT2D eigenvalue weighted by Crippen LogP contribution is -2.50. The van der Waals surface area contributed by atoms with Gasteiger partial charge in [-0.3, -0.25) is 4.79 Å². The van der Waals surface area contributed by atoms with Gasteiger partial charge in [-0.15, -0.1) is 0 Å². The minimum absolute atomic E-state index is 0.0610. The van der Waals surface area contributed by atoms with Crippen LogP contribution in [0, 0.1) is 18.3 Å². The molecule has 3 rings (SSSR count). The Bertz CT molecular complexity index is 836. The number of likely N-dealkylation sites (N-methyl/N-ethyl adjacent to an activating group) is 1. The van der Waals surface area contributed by atoms with E-state index in [2.05, 4.69) is 11.1 Å². The van der Waals surface area contributed by atoms with E-state index in [4.69, 9.17) is 4.42 Å². The predicted molar refractivity (Wildman–Crippen MR) is 103 cm³/mol. The van der Waals surface area contributed by atoms with Gasteiger partial charge in [0.1, 0.15) is 11.8 Å². The van der Waals surface area contributed by atoms with E-state index in [1.54, 1.807) is 4.90 Å². The number of carbonyl (C=O) groups is 1. The zero-order chi connectivity index (χ0) is 19.4. The number of quaternary nitrogens is 1. The maximum atomic E-state index is 12.6. The number of aromatic nitrogens is 1. The van der Waals surface area contributed by atoms with Crippen LogP contribution in [0.2, 0.25) is 0 Å². The molecule has 0 spiro atoms. The molecule has 1 aromatic heterocycles. The first-order valence-corrected chi connectivity index (χ1v) is 9.42. The zero-order valence-corrected chi connectivity index (χ0v) is 16.3. The Morgan fingerprint density at radius 2 is 2.11 bits per heavy atom. The molecule has 0 saturated carbocycles. The van der Waals surface area contributed by atoms with Gasteiger partial charge in [-0.1, -0.05) is 18.2 Å². The highest BCUT2D eigenvalue weighted by molar-refractivity contribution is 5.78. The predicted octanol–water partition coefficient (Wildman–Crippen LogP) is 2.78. The highest BCUT2D eigenvalue weighted by Gasteiger charge is 2.32. The number of benzene rings is 1. The standard InChI is InChI=1S/C21H27N4O2/c1-16-19(23-21(27-16)17-8-5-4-6-9-17)11-13-25(2,3)15-20(26)24-12-7-10-18(24)14-22/h4-6,8-9,18H,7,10-13,15H2,1-3H3/q+1. The number of hydrogen-bond donors (Lipinski definition) is 0. The van der Waals surface area contributed by atoms with Crippen LogP contribution >= 0.6 is 0 Å². The van der Waals surface area contributed by atoms with Crippen LogP contribution in [0.1, 0.15) is 24.3 Å². The first kappa shape index (κ1) is 19.1. The van der Waals surface area contributed by atoms with Crippen molar-refractivity contribution in [2.75, 3.05) is 33.7 Å². The second kappa shape index (κ2) is 7.93. The maximum Gasteiger partial charge on any atom is 0.278 e. The number of amides is 1. The summed E-state index contributed by atoms with van der Waals surface area (Å²) in [5.74, 6) is 1.52. The van der Waals surface area contributed by atoms with Crippen LogP contribution in [-0.2, 0) is 11.2 Å². The quantitative estimate of drug-likeness (QED) is 0.736. The molecule has 1 aromatic carbocycles. The van der Waals surface area contributed by atoms with Gasteiger partial charge in [0, 0.05) is 18.5 Å². The van der Waals surface area contributed by atoms with Crippen molar-refractivity contribution < 1.29 is 13.7 Å². The van der Waals surface area contributed by atoms with Crippen LogP contribution in [0.25, 0.3) is 11.5 Å². The molecule has 27 heavy (non-hydrogen) atoms. The van der Waals surface area contributed by atoms with Crippen LogP contribution in [0.4, 0.5) is 0 Å². The molecular weight excluding hydrogens is 340 g/mol. The van der Waals surface area contributed by atoms with Gasteiger partial charge in [-0.2, -0.15) is 5.26 Å². The monoisotopic (exact) mass is 367 g/mol. The van der Waals surface area contributed by atoms with Gasteiger partial charge in [0.2, 0.25) is 5.89 Å². The fourth-order valence-corrected chi connectivity index (χ4v) is 3.51. The summed E-state index contributed by atoms with van der Waals surface area (Å²) in [7, 11) is 4.09. The lowest BCUT2D eigenvalue weighted by Gasteiger charge is -2.31. The Morgan fingerprint density at radius 1 is 1.37 bits per heavy atom. The number of nitriles is 1. The van der Waals surface area contributed by atoms with Crippen molar-refractivity contribution >= 4 is 5.91 Å². The number of hydrogen-bond acceptors (Lipinski definition) is 4. The molecular formula is C21H27N4O2+. The molecule has 6 heteroatoms. The summed E-state index contributed by atoms with van der Waals surface area (Å²) in [6.45, 7) is 3.79. The van der Waals surface area contributed by atoms with Gasteiger partial charge >= 0.3 is 0 Å². The molecule has 1 saturated heterocycles. The number of nitrogens with zero attached hydrogens (tertiary/aromatic N) is 4. The third-order valence-electron chi connectivity index (χ3n) is 5.15. The molecule has 1 unspecified atom stereocenters. The number of oxazole rings is 1. The molecule has 1 fully saturated rings. The Balaban J connectivity index is 1.61. The molecule has 1 atom stereocenters. The van der Waals surface area contributed by atoms with Crippen molar-refractivity contribution in [2.24, 2.45) is 0 Å². The molecule has 0 N–H and O–H groups in total. The number of aryl methyl sites for hydroxylation is 1. The lowest BCUT2D eigenvalue weighted by molar-refractivity contribution is -0.882. The Morgan fingerprint density at radius 3 is 2.81 bits per heavy atom. The van der Waals surface area contributed by atoms with Crippen molar-refractivity contribution in [1.82, 2.24) is 9.88 Å². The van der Waals surface area contributed by atoms with Gasteiger partial charge in [0.15, 0.2) is 6.54 Å². The Kier molecular flexibility index (Phi) is 5.62. The van der Waals surface area contributed by atoms with Gasteiger partial charge in [0.05, 0.1) is 32.4 Å². The molecule has 0 aliphatic carbocycles. The summed E-state index contributed by atoms with van der Waals surface area (Å²) in [5, 5.41) is 9.19. The van der Waals surface area contributed by atoms with E-state index >= 15 is 0 Å². The van der Waals surface area contributed by atoms with E-state index in [1.165, 1.54) is 0 Å². The second-order valence-electron chi connectivity index (χ2n) is 7.83. The minimum Gasteiger partial charge on any atom is -0.441 e. The van der Waals surface area contributed by atoms with Crippen LogP contribution in [0.3, 0.4) is 0 Å². The Hall–Kier alpha value is -2.65. The van der Waals surface area contributed by atoms with Gasteiger partial charge in [-0.05, 0) is 31.9 Å². The van der Waals surface area contributed by atoms with E-state index in [0.29, 0.717) is 23.5 Å². The maximum absolute atomic E-state index is 12.6. The molecule has 6 nitrogen and oxygen atoms in total. The van der Waals surface area contributed by atoms with Crippen molar-refractivity contribution in [3.8, 4) is 17.5 Å². The summed E-state index contributed by atoms with van der Waals surface area (Å²) < 4.78 is 6.38. The Labute approximate surface area is 160 Å². The van der Waals surface area contributed by atoms with Crippen molar-refractivity contribution in [3.63, 3.8) is 0 Å². The fourth-order valence-electron chi connectivity index (χ4n) is 3.51. The molecule has 0 radical (unpaired) electrons. The topological polar surface area (TPSA) is 70.1 Å². The van der Waals surface area contributed by atoms with Crippen LogP contribution in [0.5, 0.6) is 0 Å². The molecule has 2 aromatic rings. The molecule has 1 amide bonds. The first-order chi connectivity index (χ1) is 12.9. The third-order valence-corrected chi connectivity index (χ3v) is 5.15. The molecule has 142 valence electrons. The highest BCUT2D eigenvalue weighted by Crippen LogP contribution is 2.22. The lowest BCUT2D eigenvalue weighted by atomic mass is 10.2. The van der Waals surface area contributed by atoms with E-state index in [1.807, 2.05) is 51.4 Å². The SMILES string of the molecule is Cc1oc(-c2ccccc2)nc1CC[N+](C)(C)CC(=O)N1CCCC1C#N. The molecule has 2 heterocycles. The number of likely N-dealkylation sites (tertiary alicyclic amines) is 1. The average Bonchev–Trinajstić information content (AvgIpc) is 3.27. The molecule has 0 bridgehead atoms.